The molecule has 2 aliphatic rings. The topological polar surface area (TPSA) is 101 Å². The quantitative estimate of drug-likeness (QED) is 0.825. The highest BCUT2D eigenvalue weighted by molar-refractivity contribution is 8.15. The monoisotopic (exact) mass is 391 g/mol. The fourth-order valence-corrected chi connectivity index (χ4v) is 6.64. The molecule has 3 heterocycles. The first-order valence-corrected chi connectivity index (χ1v) is 10.8. The zero-order valence-corrected chi connectivity index (χ0v) is 15.3. The zero-order valence-electron chi connectivity index (χ0n) is 13.7. The summed E-state index contributed by atoms with van der Waals surface area (Å²) in [6.45, 7) is 0.323. The minimum Gasteiger partial charge on any atom is -0.467 e. The number of carbonyl (C=O) groups is 1. The number of anilines is 1. The maximum atomic E-state index is 12.3. The van der Waals surface area contributed by atoms with Gasteiger partial charge in [-0.15, -0.1) is 0 Å². The average molecular weight is 391 g/mol. The van der Waals surface area contributed by atoms with E-state index in [-0.39, 0.29) is 28.7 Å². The molecule has 1 amide bonds. The number of rotatable bonds is 4. The van der Waals surface area contributed by atoms with Gasteiger partial charge in [-0.2, -0.15) is 0 Å². The molecule has 136 valence electrons. The van der Waals surface area contributed by atoms with Crippen molar-refractivity contribution in [1.82, 2.24) is 5.32 Å². The molecule has 0 radical (unpaired) electrons. The molecule has 0 spiro atoms. The van der Waals surface area contributed by atoms with Gasteiger partial charge in [-0.3, -0.25) is 9.79 Å². The first kappa shape index (κ1) is 17.2. The van der Waals surface area contributed by atoms with Gasteiger partial charge in [-0.25, -0.2) is 8.42 Å². The van der Waals surface area contributed by atoms with Crippen LogP contribution in [-0.2, 0) is 16.4 Å². The van der Waals surface area contributed by atoms with Crippen molar-refractivity contribution >= 4 is 38.4 Å². The van der Waals surface area contributed by atoms with Crippen molar-refractivity contribution in [2.45, 2.75) is 17.8 Å². The van der Waals surface area contributed by atoms with Crippen LogP contribution in [0.25, 0.3) is 0 Å². The van der Waals surface area contributed by atoms with Gasteiger partial charge in [0.15, 0.2) is 15.0 Å². The summed E-state index contributed by atoms with van der Waals surface area (Å²) in [6, 6.07) is 10.5. The van der Waals surface area contributed by atoms with Gasteiger partial charge < -0.3 is 15.1 Å². The number of hydrogen-bond donors (Lipinski definition) is 2. The number of nitrogens with one attached hydrogen (secondary N) is 2. The summed E-state index contributed by atoms with van der Waals surface area (Å²) in [5.41, 5.74) is 1.26. The van der Waals surface area contributed by atoms with E-state index in [1.807, 2.05) is 6.07 Å². The Bertz CT molecular complexity index is 954. The standard InChI is InChI=1S/C17H17N3O4S2/c21-16(18-8-13-5-2-6-24-13)11-3-1-4-12(7-11)19-17-20-14-9-26(22,23)10-15(14)25-17/h1-7,14-15H,8-10H2,(H,18,21)(H,19,20)/t14-,15-/m1/s1. The summed E-state index contributed by atoms with van der Waals surface area (Å²) in [5.74, 6) is 0.775. The molecule has 1 fully saturated rings. The fourth-order valence-electron chi connectivity index (χ4n) is 2.96. The van der Waals surface area contributed by atoms with E-state index < -0.39 is 9.84 Å². The highest BCUT2D eigenvalue weighted by Gasteiger charge is 2.42. The van der Waals surface area contributed by atoms with Gasteiger partial charge in [0.25, 0.3) is 5.91 Å². The Balaban J connectivity index is 1.39. The summed E-state index contributed by atoms with van der Waals surface area (Å²) in [5, 5.41) is 6.67. The molecule has 26 heavy (non-hydrogen) atoms. The molecular formula is C17H17N3O4S2. The number of aliphatic imine (C=N–C) groups is 1. The number of benzene rings is 1. The molecule has 0 bridgehead atoms. The third-order valence-corrected chi connectivity index (χ3v) is 7.34. The molecule has 1 saturated heterocycles. The Labute approximate surface area is 155 Å². The van der Waals surface area contributed by atoms with Crippen LogP contribution in [0.4, 0.5) is 5.69 Å². The third kappa shape index (κ3) is 3.78. The lowest BCUT2D eigenvalue weighted by Crippen LogP contribution is -2.22. The molecule has 0 aliphatic carbocycles. The number of carbonyl (C=O) groups excluding carboxylic acids is 1. The number of nitrogens with zero attached hydrogens (tertiary/aromatic N) is 1. The van der Waals surface area contributed by atoms with Crippen molar-refractivity contribution < 1.29 is 17.6 Å². The smallest absolute Gasteiger partial charge is 0.251 e. The van der Waals surface area contributed by atoms with Gasteiger partial charge in [0, 0.05) is 16.5 Å². The normalized spacial score (nSPS) is 23.3. The van der Waals surface area contributed by atoms with Crippen molar-refractivity contribution in [3.63, 3.8) is 0 Å². The van der Waals surface area contributed by atoms with Crippen LogP contribution in [0.2, 0.25) is 0 Å². The van der Waals surface area contributed by atoms with E-state index >= 15 is 0 Å². The molecule has 2 aromatic rings. The number of amides is 1. The number of fused-ring (bicyclic) bond motifs is 1. The Hall–Kier alpha value is -2.26. The summed E-state index contributed by atoms with van der Waals surface area (Å²) in [6.07, 6.45) is 1.56. The maximum absolute atomic E-state index is 12.3. The van der Waals surface area contributed by atoms with Gasteiger partial charge in [0.05, 0.1) is 30.4 Å². The van der Waals surface area contributed by atoms with Crippen LogP contribution in [-0.4, -0.2) is 42.3 Å². The highest BCUT2D eigenvalue weighted by atomic mass is 32.2. The molecule has 4 rings (SSSR count). The molecule has 1 aromatic heterocycles. The van der Waals surface area contributed by atoms with E-state index in [0.717, 1.165) is 5.69 Å². The fraction of sp³-hybridized carbons (Fsp3) is 0.294. The first-order valence-electron chi connectivity index (χ1n) is 8.11. The minimum absolute atomic E-state index is 0.0118. The summed E-state index contributed by atoms with van der Waals surface area (Å²) in [4.78, 5) is 16.7. The lowest BCUT2D eigenvalue weighted by atomic mass is 10.2. The molecule has 2 aliphatic heterocycles. The number of furan rings is 1. The zero-order chi connectivity index (χ0) is 18.1. The van der Waals surface area contributed by atoms with Crippen LogP contribution in [0.15, 0.2) is 52.1 Å². The summed E-state index contributed by atoms with van der Waals surface area (Å²) in [7, 11) is -2.96. The second-order valence-electron chi connectivity index (χ2n) is 6.20. The van der Waals surface area contributed by atoms with Crippen molar-refractivity contribution in [2.24, 2.45) is 4.99 Å². The second kappa shape index (κ2) is 6.81. The molecule has 0 saturated carbocycles. The first-order chi connectivity index (χ1) is 12.5. The van der Waals surface area contributed by atoms with E-state index in [2.05, 4.69) is 15.6 Å². The molecule has 2 atom stereocenters. The van der Waals surface area contributed by atoms with Gasteiger partial charge in [0.2, 0.25) is 0 Å². The number of thioether (sulfide) groups is 1. The highest BCUT2D eigenvalue weighted by Crippen LogP contribution is 2.34. The lowest BCUT2D eigenvalue weighted by molar-refractivity contribution is 0.0948. The van der Waals surface area contributed by atoms with E-state index in [1.165, 1.54) is 11.8 Å². The Morgan fingerprint density at radius 2 is 2.15 bits per heavy atom. The van der Waals surface area contributed by atoms with Crippen LogP contribution in [0.3, 0.4) is 0 Å². The summed E-state index contributed by atoms with van der Waals surface area (Å²) >= 11 is 1.45. The van der Waals surface area contributed by atoms with Crippen LogP contribution in [0, 0.1) is 0 Å². The molecule has 9 heteroatoms. The molecule has 2 N–H and O–H groups in total. The molecule has 0 unspecified atom stereocenters. The average Bonchev–Trinajstić information content (AvgIpc) is 3.28. The Kier molecular flexibility index (Phi) is 4.49. The lowest BCUT2D eigenvalue weighted by Gasteiger charge is -2.09. The van der Waals surface area contributed by atoms with E-state index in [4.69, 9.17) is 4.42 Å². The maximum Gasteiger partial charge on any atom is 0.251 e. The van der Waals surface area contributed by atoms with Crippen LogP contribution < -0.4 is 10.6 Å². The molecular weight excluding hydrogens is 374 g/mol. The largest absolute Gasteiger partial charge is 0.467 e. The predicted octanol–water partition coefficient (Wildman–Crippen LogP) is 1.89. The van der Waals surface area contributed by atoms with Crippen molar-refractivity contribution in [1.29, 1.82) is 0 Å². The van der Waals surface area contributed by atoms with Crippen LogP contribution >= 0.6 is 11.8 Å². The SMILES string of the molecule is O=C(NCc1ccco1)c1cccc(NC2=N[C@@H]3CS(=O)(=O)C[C@H]3S2)c1. The van der Waals surface area contributed by atoms with Gasteiger partial charge in [0.1, 0.15) is 5.76 Å². The van der Waals surface area contributed by atoms with Crippen molar-refractivity contribution in [3.8, 4) is 0 Å². The van der Waals surface area contributed by atoms with E-state index in [0.29, 0.717) is 23.0 Å². The number of amidine groups is 1. The number of sulfone groups is 1. The van der Waals surface area contributed by atoms with E-state index in [9.17, 15) is 13.2 Å². The van der Waals surface area contributed by atoms with Crippen molar-refractivity contribution in [3.05, 3.63) is 54.0 Å². The molecule has 7 nitrogen and oxygen atoms in total. The van der Waals surface area contributed by atoms with Crippen molar-refractivity contribution in [2.75, 3.05) is 16.8 Å². The Morgan fingerprint density at radius 3 is 2.92 bits per heavy atom. The Morgan fingerprint density at radius 1 is 1.27 bits per heavy atom. The van der Waals surface area contributed by atoms with Gasteiger partial charge >= 0.3 is 0 Å². The third-order valence-electron chi connectivity index (χ3n) is 4.20. The molecule has 1 aromatic carbocycles. The number of hydrogen-bond acceptors (Lipinski definition) is 7. The minimum atomic E-state index is -2.96. The van der Waals surface area contributed by atoms with Crippen LogP contribution in [0.1, 0.15) is 16.1 Å². The van der Waals surface area contributed by atoms with Gasteiger partial charge in [-0.1, -0.05) is 17.8 Å². The predicted molar refractivity (Wildman–Crippen MR) is 101 cm³/mol. The van der Waals surface area contributed by atoms with Crippen LogP contribution in [0.5, 0.6) is 0 Å². The summed E-state index contributed by atoms with van der Waals surface area (Å²) < 4.78 is 28.4. The van der Waals surface area contributed by atoms with Gasteiger partial charge in [-0.05, 0) is 30.3 Å². The second-order valence-corrected chi connectivity index (χ2v) is 9.58. The van der Waals surface area contributed by atoms with E-state index in [1.54, 1.807) is 36.6 Å².